The van der Waals surface area contributed by atoms with Crippen molar-refractivity contribution in [2.45, 2.75) is 76.5 Å². The summed E-state index contributed by atoms with van der Waals surface area (Å²) in [5.41, 5.74) is 7.26. The van der Waals surface area contributed by atoms with E-state index in [0.717, 1.165) is 24.8 Å². The number of nitrogens with two attached hydrogens (primary N) is 1. The monoisotopic (exact) mass is 522 g/mol. The molecule has 0 bridgehead atoms. The summed E-state index contributed by atoms with van der Waals surface area (Å²) in [4.78, 5) is 26.6. The van der Waals surface area contributed by atoms with Gasteiger partial charge in [0, 0.05) is 42.7 Å². The third kappa shape index (κ3) is 8.82. The van der Waals surface area contributed by atoms with Crippen molar-refractivity contribution in [1.29, 1.82) is 0 Å². The summed E-state index contributed by atoms with van der Waals surface area (Å²) in [5, 5.41) is 6.54. The zero-order chi connectivity index (χ0) is 25.9. The van der Waals surface area contributed by atoms with E-state index in [4.69, 9.17) is 22.1 Å². The predicted octanol–water partition coefficient (Wildman–Crippen LogP) is 4.86. The lowest BCUT2D eigenvalue weighted by molar-refractivity contribution is -0.00869. The van der Waals surface area contributed by atoms with Crippen molar-refractivity contribution >= 4 is 23.7 Å². The molecule has 3 rings (SSSR count). The van der Waals surface area contributed by atoms with E-state index in [1.165, 1.54) is 39.2 Å². The van der Waals surface area contributed by atoms with E-state index < -0.39 is 6.09 Å². The second-order valence-corrected chi connectivity index (χ2v) is 10.7. The molecule has 36 heavy (non-hydrogen) atoms. The average Bonchev–Trinajstić information content (AvgIpc) is 2.88. The summed E-state index contributed by atoms with van der Waals surface area (Å²) >= 11 is 6.28. The number of nitrogens with zero attached hydrogens (tertiary/aromatic N) is 1. The molecule has 1 saturated carbocycles. The van der Waals surface area contributed by atoms with Gasteiger partial charge in [0.25, 0.3) is 0 Å². The number of hydrogen-bond acceptors (Lipinski definition) is 5. The van der Waals surface area contributed by atoms with Gasteiger partial charge in [-0.25, -0.2) is 9.59 Å². The number of alkyl carbamates (subject to hydrolysis) is 1. The first kappa shape index (κ1) is 28.5. The van der Waals surface area contributed by atoms with Gasteiger partial charge in [-0.3, -0.25) is 0 Å². The van der Waals surface area contributed by atoms with E-state index >= 15 is 0 Å². The average molecular weight is 523 g/mol. The molecule has 2 fully saturated rings. The Labute approximate surface area is 220 Å². The fourth-order valence-corrected chi connectivity index (χ4v) is 5.68. The minimum absolute atomic E-state index is 0.0228. The number of halogens is 1. The lowest BCUT2D eigenvalue weighted by atomic mass is 9.83. The molecule has 1 heterocycles. The molecule has 8 nitrogen and oxygen atoms in total. The van der Waals surface area contributed by atoms with Crippen LogP contribution in [0.15, 0.2) is 24.3 Å². The van der Waals surface area contributed by atoms with Crippen LogP contribution in [0.3, 0.4) is 0 Å². The summed E-state index contributed by atoms with van der Waals surface area (Å²) in [6.45, 7) is 3.94. The highest BCUT2D eigenvalue weighted by atomic mass is 35.5. The maximum atomic E-state index is 13.3. The molecule has 0 aromatic heterocycles. The second-order valence-electron chi connectivity index (χ2n) is 10.3. The SMILES string of the molecule is COC(=O)NCCO[C@@H](c1cccc(Cl)c1)[C@@H]1CCCN(C(=O)NC(CC2CCCCC2)C(C)N)C1. The van der Waals surface area contributed by atoms with Crippen LogP contribution >= 0.6 is 11.6 Å². The van der Waals surface area contributed by atoms with E-state index in [2.05, 4.69) is 15.4 Å². The minimum Gasteiger partial charge on any atom is -0.453 e. The number of methoxy groups -OCH3 is 1. The molecular formula is C27H43ClN4O4. The molecule has 0 radical (unpaired) electrons. The van der Waals surface area contributed by atoms with E-state index in [-0.39, 0.29) is 30.1 Å². The van der Waals surface area contributed by atoms with Gasteiger partial charge >= 0.3 is 12.1 Å². The number of ether oxygens (including phenoxy) is 2. The number of amides is 3. The highest BCUT2D eigenvalue weighted by molar-refractivity contribution is 6.30. The molecule has 2 unspecified atom stereocenters. The quantitative estimate of drug-likeness (QED) is 0.380. The van der Waals surface area contributed by atoms with Crippen LogP contribution in [0.4, 0.5) is 9.59 Å². The number of likely N-dealkylation sites (tertiary alicyclic amines) is 1. The number of nitrogens with one attached hydrogen (secondary N) is 2. The van der Waals surface area contributed by atoms with Gasteiger partial charge in [-0.2, -0.15) is 0 Å². The third-order valence-electron chi connectivity index (χ3n) is 7.46. The van der Waals surface area contributed by atoms with Gasteiger partial charge in [-0.1, -0.05) is 55.8 Å². The van der Waals surface area contributed by atoms with Crippen LogP contribution in [0.2, 0.25) is 5.02 Å². The topological polar surface area (TPSA) is 106 Å². The Morgan fingerprint density at radius 3 is 2.67 bits per heavy atom. The second kappa shape index (κ2) is 14.6. The zero-order valence-corrected chi connectivity index (χ0v) is 22.5. The number of benzene rings is 1. The van der Waals surface area contributed by atoms with Gasteiger partial charge in [0.05, 0.1) is 19.8 Å². The Morgan fingerprint density at radius 2 is 1.97 bits per heavy atom. The lowest BCUT2D eigenvalue weighted by Crippen LogP contribution is -2.54. The van der Waals surface area contributed by atoms with E-state index in [1.54, 1.807) is 0 Å². The first-order chi connectivity index (χ1) is 17.4. The standard InChI is InChI=1S/C27H43ClN4O4/c1-19(29)24(16-20-8-4-3-5-9-20)31-26(33)32-14-7-11-22(18-32)25(21-10-6-12-23(28)17-21)36-15-13-30-27(34)35-2/h6,10,12,17,19-20,22,24-25H,3-5,7-9,11,13-16,18,29H2,1-2H3,(H,30,34)(H,31,33)/t19?,22-,24?,25+/m1/s1. The van der Waals surface area contributed by atoms with Gasteiger partial charge in [-0.15, -0.1) is 0 Å². The highest BCUT2D eigenvalue weighted by Crippen LogP contribution is 2.34. The van der Waals surface area contributed by atoms with Crippen LogP contribution in [-0.4, -0.2) is 62.5 Å². The Bertz CT molecular complexity index is 834. The molecule has 2 aliphatic rings. The maximum absolute atomic E-state index is 13.3. The van der Waals surface area contributed by atoms with E-state index in [9.17, 15) is 9.59 Å². The van der Waals surface area contributed by atoms with Crippen molar-refractivity contribution < 1.29 is 19.1 Å². The van der Waals surface area contributed by atoms with Gasteiger partial charge in [0.1, 0.15) is 0 Å². The van der Waals surface area contributed by atoms with Crippen molar-refractivity contribution in [3.8, 4) is 0 Å². The van der Waals surface area contributed by atoms with Gasteiger partial charge in [0.15, 0.2) is 0 Å². The van der Waals surface area contributed by atoms with Crippen molar-refractivity contribution in [1.82, 2.24) is 15.5 Å². The molecule has 1 aromatic carbocycles. The fraction of sp³-hybridized carbons (Fsp3) is 0.704. The Morgan fingerprint density at radius 1 is 1.19 bits per heavy atom. The van der Waals surface area contributed by atoms with Crippen LogP contribution in [0.1, 0.15) is 70.0 Å². The van der Waals surface area contributed by atoms with Crippen LogP contribution in [0.5, 0.6) is 0 Å². The number of rotatable bonds is 10. The smallest absolute Gasteiger partial charge is 0.406 e. The number of hydrogen-bond donors (Lipinski definition) is 3. The normalized spacial score (nSPS) is 21.3. The van der Waals surface area contributed by atoms with E-state index in [1.807, 2.05) is 36.1 Å². The molecule has 0 spiro atoms. The molecule has 1 aromatic rings. The molecule has 4 N–H and O–H groups in total. The summed E-state index contributed by atoms with van der Waals surface area (Å²) in [6.07, 6.45) is 8.37. The molecule has 9 heteroatoms. The first-order valence-electron chi connectivity index (χ1n) is 13.4. The number of piperidine rings is 1. The third-order valence-corrected chi connectivity index (χ3v) is 7.70. The number of carbonyl (C=O) groups excluding carboxylic acids is 2. The lowest BCUT2D eigenvalue weighted by Gasteiger charge is -2.38. The van der Waals surface area contributed by atoms with Crippen molar-refractivity contribution in [3.05, 3.63) is 34.9 Å². The summed E-state index contributed by atoms with van der Waals surface area (Å²) in [6, 6.07) is 7.49. The maximum Gasteiger partial charge on any atom is 0.406 e. The van der Waals surface area contributed by atoms with Crippen LogP contribution in [-0.2, 0) is 9.47 Å². The Kier molecular flexibility index (Phi) is 11.6. The molecule has 202 valence electrons. The molecular weight excluding hydrogens is 480 g/mol. The molecule has 1 aliphatic heterocycles. The number of urea groups is 1. The van der Waals surface area contributed by atoms with Gasteiger partial charge in [0.2, 0.25) is 0 Å². The van der Waals surface area contributed by atoms with Gasteiger partial charge < -0.3 is 30.7 Å². The first-order valence-corrected chi connectivity index (χ1v) is 13.7. The fourth-order valence-electron chi connectivity index (χ4n) is 5.48. The Balaban J connectivity index is 1.63. The largest absolute Gasteiger partial charge is 0.453 e. The highest BCUT2D eigenvalue weighted by Gasteiger charge is 2.33. The molecule has 1 saturated heterocycles. The zero-order valence-electron chi connectivity index (χ0n) is 21.7. The number of carbonyl (C=O) groups is 2. The molecule has 1 aliphatic carbocycles. The predicted molar refractivity (Wildman–Crippen MR) is 142 cm³/mol. The summed E-state index contributed by atoms with van der Waals surface area (Å²) in [5.74, 6) is 0.747. The van der Waals surface area contributed by atoms with Crippen molar-refractivity contribution in [3.63, 3.8) is 0 Å². The minimum atomic E-state index is -0.490. The van der Waals surface area contributed by atoms with Crippen LogP contribution in [0.25, 0.3) is 0 Å². The molecule has 4 atom stereocenters. The Hall–Kier alpha value is -2.03. The van der Waals surface area contributed by atoms with Crippen LogP contribution < -0.4 is 16.4 Å². The van der Waals surface area contributed by atoms with Crippen LogP contribution in [0, 0.1) is 11.8 Å². The van der Waals surface area contributed by atoms with Gasteiger partial charge in [-0.05, 0) is 49.8 Å². The summed E-state index contributed by atoms with van der Waals surface area (Å²) in [7, 11) is 1.33. The van der Waals surface area contributed by atoms with Crippen molar-refractivity contribution in [2.24, 2.45) is 17.6 Å². The molecule has 3 amide bonds. The van der Waals surface area contributed by atoms with E-state index in [0.29, 0.717) is 37.2 Å². The van der Waals surface area contributed by atoms with Crippen molar-refractivity contribution in [2.75, 3.05) is 33.4 Å². The summed E-state index contributed by atoms with van der Waals surface area (Å²) < 4.78 is 10.9.